The van der Waals surface area contributed by atoms with Crippen LogP contribution in [-0.2, 0) is 11.3 Å². The van der Waals surface area contributed by atoms with Crippen molar-refractivity contribution in [3.8, 4) is 5.75 Å². The topological polar surface area (TPSA) is 117 Å². The van der Waals surface area contributed by atoms with Crippen LogP contribution in [0.5, 0.6) is 5.75 Å². The Bertz CT molecular complexity index is 792. The molecule has 0 bridgehead atoms. The number of aromatic nitrogens is 2. The van der Waals surface area contributed by atoms with E-state index >= 15 is 0 Å². The lowest BCUT2D eigenvalue weighted by Crippen LogP contribution is -2.25. The molecule has 10 heteroatoms. The monoisotopic (exact) mass is 369 g/mol. The normalized spacial score (nSPS) is 11.8. The molecule has 134 valence electrons. The summed E-state index contributed by atoms with van der Waals surface area (Å²) in [6.07, 6.45) is 0.0472. The molecule has 0 radical (unpaired) electrons. The van der Waals surface area contributed by atoms with E-state index in [0.29, 0.717) is 10.8 Å². The molecule has 0 amide bonds. The minimum absolute atomic E-state index is 0.0870. The average molecular weight is 370 g/mol. The molecular formula is C15H16ClN3O6. The number of hydrogen-bond donors (Lipinski definition) is 1. The van der Waals surface area contributed by atoms with Gasteiger partial charge in [-0.25, -0.2) is 14.3 Å². The molecular weight excluding hydrogens is 354 g/mol. The number of halogens is 1. The second kappa shape index (κ2) is 7.95. The van der Waals surface area contributed by atoms with Crippen LogP contribution in [0, 0.1) is 17.0 Å². The number of rotatable bonds is 7. The second-order valence-corrected chi connectivity index (χ2v) is 5.56. The van der Waals surface area contributed by atoms with Gasteiger partial charge in [-0.2, -0.15) is 0 Å². The minimum atomic E-state index is -1.07. The zero-order chi connectivity index (χ0) is 18.6. The predicted molar refractivity (Wildman–Crippen MR) is 87.9 cm³/mol. The number of aryl methyl sites for hydroxylation is 1. The number of ether oxygens (including phenoxy) is 2. The first-order valence-electron chi connectivity index (χ1n) is 7.18. The SMILES string of the molecule is COC(=O)c1ccc(Cl)cc1OCC(O)Cn1c([N+](=O)[O-])cnc1C. The summed E-state index contributed by atoms with van der Waals surface area (Å²) in [5.74, 6) is -0.296. The van der Waals surface area contributed by atoms with Crippen molar-refractivity contribution in [3.05, 3.63) is 50.9 Å². The van der Waals surface area contributed by atoms with E-state index in [1.807, 2.05) is 0 Å². The molecule has 0 saturated carbocycles. The molecule has 0 spiro atoms. The smallest absolute Gasteiger partial charge is 0.342 e. The first-order chi connectivity index (χ1) is 11.8. The number of aliphatic hydroxyl groups excluding tert-OH is 1. The van der Waals surface area contributed by atoms with Crippen LogP contribution in [0.25, 0.3) is 0 Å². The van der Waals surface area contributed by atoms with E-state index in [1.54, 1.807) is 6.92 Å². The van der Waals surface area contributed by atoms with E-state index in [-0.39, 0.29) is 30.3 Å². The van der Waals surface area contributed by atoms with Gasteiger partial charge in [0, 0.05) is 11.9 Å². The van der Waals surface area contributed by atoms with Gasteiger partial charge in [0.25, 0.3) is 0 Å². The van der Waals surface area contributed by atoms with Crippen LogP contribution in [-0.4, -0.2) is 45.4 Å². The summed E-state index contributed by atoms with van der Waals surface area (Å²) in [7, 11) is 1.23. The molecule has 1 atom stereocenters. The fourth-order valence-electron chi connectivity index (χ4n) is 2.17. The number of aliphatic hydroxyl groups is 1. The van der Waals surface area contributed by atoms with Crippen LogP contribution < -0.4 is 4.74 Å². The highest BCUT2D eigenvalue weighted by molar-refractivity contribution is 6.30. The van der Waals surface area contributed by atoms with Gasteiger partial charge < -0.3 is 24.7 Å². The van der Waals surface area contributed by atoms with Gasteiger partial charge in [-0.3, -0.25) is 0 Å². The van der Waals surface area contributed by atoms with Crippen molar-refractivity contribution in [2.75, 3.05) is 13.7 Å². The largest absolute Gasteiger partial charge is 0.490 e. The van der Waals surface area contributed by atoms with E-state index in [0.717, 1.165) is 6.20 Å². The molecule has 1 aromatic carbocycles. The molecule has 0 aliphatic rings. The summed E-state index contributed by atoms with van der Waals surface area (Å²) >= 11 is 5.89. The van der Waals surface area contributed by atoms with Gasteiger partial charge in [0.15, 0.2) is 5.82 Å². The van der Waals surface area contributed by atoms with Crippen LogP contribution in [0.4, 0.5) is 5.82 Å². The fraction of sp³-hybridized carbons (Fsp3) is 0.333. The molecule has 2 aromatic rings. The first-order valence-corrected chi connectivity index (χ1v) is 7.56. The van der Waals surface area contributed by atoms with E-state index < -0.39 is 17.0 Å². The maximum Gasteiger partial charge on any atom is 0.342 e. The Hall–Kier alpha value is -2.65. The van der Waals surface area contributed by atoms with Crippen LogP contribution in [0.1, 0.15) is 16.2 Å². The first kappa shape index (κ1) is 18.7. The van der Waals surface area contributed by atoms with E-state index in [2.05, 4.69) is 9.72 Å². The van der Waals surface area contributed by atoms with Crippen molar-refractivity contribution >= 4 is 23.4 Å². The summed E-state index contributed by atoms with van der Waals surface area (Å²) in [5, 5.41) is 21.4. The Morgan fingerprint density at radius 1 is 1.52 bits per heavy atom. The number of methoxy groups -OCH3 is 1. The molecule has 9 nitrogen and oxygen atoms in total. The number of hydrogen-bond acceptors (Lipinski definition) is 7. The zero-order valence-electron chi connectivity index (χ0n) is 13.5. The highest BCUT2D eigenvalue weighted by Crippen LogP contribution is 2.24. The molecule has 0 aliphatic heterocycles. The molecule has 25 heavy (non-hydrogen) atoms. The third-order valence-corrected chi connectivity index (χ3v) is 3.63. The summed E-state index contributed by atoms with van der Waals surface area (Å²) in [4.78, 5) is 25.9. The molecule has 1 heterocycles. The predicted octanol–water partition coefficient (Wildman–Crippen LogP) is 1.98. The Morgan fingerprint density at radius 2 is 2.24 bits per heavy atom. The van der Waals surface area contributed by atoms with E-state index in [1.165, 1.54) is 29.9 Å². The maximum atomic E-state index is 11.7. The maximum absolute atomic E-state index is 11.7. The second-order valence-electron chi connectivity index (χ2n) is 5.13. The molecule has 2 rings (SSSR count). The lowest BCUT2D eigenvalue weighted by atomic mass is 10.2. The lowest BCUT2D eigenvalue weighted by molar-refractivity contribution is -0.392. The van der Waals surface area contributed by atoms with Crippen molar-refractivity contribution in [1.29, 1.82) is 0 Å². The summed E-state index contributed by atoms with van der Waals surface area (Å²) < 4.78 is 11.4. The molecule has 1 N–H and O–H groups in total. The number of nitro groups is 1. The standard InChI is InChI=1S/C15H16ClN3O6/c1-9-17-6-14(19(22)23)18(9)7-11(20)8-25-13-5-10(16)3-4-12(13)15(21)24-2/h3-6,11,20H,7-8H2,1-2H3. The Kier molecular flexibility index (Phi) is 5.94. The molecule has 0 saturated heterocycles. The summed E-state index contributed by atoms with van der Waals surface area (Å²) in [6, 6.07) is 4.38. The summed E-state index contributed by atoms with van der Waals surface area (Å²) in [5.41, 5.74) is 0.156. The zero-order valence-corrected chi connectivity index (χ0v) is 14.3. The third-order valence-electron chi connectivity index (χ3n) is 3.39. The number of nitrogens with zero attached hydrogens (tertiary/aromatic N) is 3. The van der Waals surface area contributed by atoms with Crippen LogP contribution in [0.2, 0.25) is 5.02 Å². The van der Waals surface area contributed by atoms with Crippen LogP contribution >= 0.6 is 11.6 Å². The fourth-order valence-corrected chi connectivity index (χ4v) is 2.33. The van der Waals surface area contributed by atoms with Gasteiger partial charge in [-0.1, -0.05) is 11.6 Å². The summed E-state index contributed by atoms with van der Waals surface area (Å²) in [6.45, 7) is 1.29. The number of esters is 1. The van der Waals surface area contributed by atoms with Gasteiger partial charge in [-0.05, 0) is 23.1 Å². The van der Waals surface area contributed by atoms with Crippen LogP contribution in [0.15, 0.2) is 24.4 Å². The molecule has 0 aliphatic carbocycles. The average Bonchev–Trinajstić information content (AvgIpc) is 2.93. The van der Waals surface area contributed by atoms with Crippen molar-refractivity contribution < 1.29 is 24.3 Å². The van der Waals surface area contributed by atoms with Crippen molar-refractivity contribution in [1.82, 2.24) is 9.55 Å². The third kappa shape index (κ3) is 4.46. The van der Waals surface area contributed by atoms with E-state index in [9.17, 15) is 20.0 Å². The Morgan fingerprint density at radius 3 is 2.88 bits per heavy atom. The van der Waals surface area contributed by atoms with Crippen molar-refractivity contribution in [2.45, 2.75) is 19.6 Å². The minimum Gasteiger partial charge on any atom is -0.490 e. The number of imidazole rings is 1. The van der Waals surface area contributed by atoms with E-state index in [4.69, 9.17) is 16.3 Å². The number of benzene rings is 1. The molecule has 1 unspecified atom stereocenters. The van der Waals surface area contributed by atoms with Gasteiger partial charge in [0.2, 0.25) is 0 Å². The molecule has 0 fully saturated rings. The molecule has 1 aromatic heterocycles. The number of carbonyl (C=O) groups excluding carboxylic acids is 1. The quantitative estimate of drug-likeness (QED) is 0.450. The lowest BCUT2D eigenvalue weighted by Gasteiger charge is -2.14. The Labute approximate surface area is 147 Å². The Balaban J connectivity index is 2.09. The highest BCUT2D eigenvalue weighted by atomic mass is 35.5. The van der Waals surface area contributed by atoms with Crippen LogP contribution in [0.3, 0.4) is 0 Å². The highest BCUT2D eigenvalue weighted by Gasteiger charge is 2.22. The van der Waals surface area contributed by atoms with Gasteiger partial charge in [0.05, 0.1) is 7.11 Å². The van der Waals surface area contributed by atoms with Crippen molar-refractivity contribution in [3.63, 3.8) is 0 Å². The van der Waals surface area contributed by atoms with Gasteiger partial charge >= 0.3 is 11.8 Å². The van der Waals surface area contributed by atoms with Gasteiger partial charge in [-0.15, -0.1) is 0 Å². The number of carbonyl (C=O) groups is 1. The van der Waals surface area contributed by atoms with Crippen molar-refractivity contribution in [2.24, 2.45) is 0 Å². The van der Waals surface area contributed by atoms with Gasteiger partial charge in [0.1, 0.15) is 36.8 Å².